The number of ether oxygens (including phenoxy) is 1. The third kappa shape index (κ3) is 2.56. The van der Waals surface area contributed by atoms with Gasteiger partial charge >= 0.3 is 0 Å². The Labute approximate surface area is 155 Å². The van der Waals surface area contributed by atoms with E-state index in [1.807, 2.05) is 11.3 Å². The monoisotopic (exact) mass is 368 g/mol. The lowest BCUT2D eigenvalue weighted by Gasteiger charge is -2.36. The van der Waals surface area contributed by atoms with Crippen molar-refractivity contribution >= 4 is 33.2 Å². The molecular weight excluding hydrogens is 348 g/mol. The number of anilines is 2. The first kappa shape index (κ1) is 15.7. The quantitative estimate of drug-likeness (QED) is 0.703. The molecule has 0 unspecified atom stereocenters. The van der Waals surface area contributed by atoms with Crippen LogP contribution >= 0.6 is 11.3 Å². The van der Waals surface area contributed by atoms with Gasteiger partial charge in [-0.3, -0.25) is 4.98 Å². The molecule has 3 aromatic heterocycles. The summed E-state index contributed by atoms with van der Waals surface area (Å²) in [6.45, 7) is 3.60. The van der Waals surface area contributed by atoms with Crippen LogP contribution in [0.5, 0.6) is 5.88 Å². The fourth-order valence-electron chi connectivity index (χ4n) is 3.89. The molecular formula is C18H20N6OS. The maximum atomic E-state index is 5.19. The lowest BCUT2D eigenvalue weighted by Crippen LogP contribution is -2.47. The number of nitrogens with zero attached hydrogens (tertiary/aromatic N) is 6. The second kappa shape index (κ2) is 6.35. The predicted molar refractivity (Wildman–Crippen MR) is 102 cm³/mol. The molecule has 134 valence electrons. The first-order chi connectivity index (χ1) is 12.8. The zero-order valence-electron chi connectivity index (χ0n) is 14.7. The molecule has 0 N–H and O–H groups in total. The smallest absolute Gasteiger partial charge is 0.233 e. The maximum absolute atomic E-state index is 5.19. The standard InChI is InChI=1S/C18H20N6OS/c1-25-15-10-19-9-14(22-15)23-5-7-24(8-6-23)17-16-12-3-2-4-13(12)26-18(16)21-11-20-17/h9-11H,2-8H2,1H3. The highest BCUT2D eigenvalue weighted by Gasteiger charge is 2.26. The topological polar surface area (TPSA) is 67.3 Å². The van der Waals surface area contributed by atoms with E-state index in [2.05, 4.69) is 29.7 Å². The van der Waals surface area contributed by atoms with Crippen LogP contribution in [0.25, 0.3) is 10.2 Å². The van der Waals surface area contributed by atoms with Crippen LogP contribution in [0.2, 0.25) is 0 Å². The average molecular weight is 368 g/mol. The van der Waals surface area contributed by atoms with Crippen LogP contribution in [0.1, 0.15) is 16.9 Å². The summed E-state index contributed by atoms with van der Waals surface area (Å²) in [5, 5.41) is 1.29. The number of aromatic nitrogens is 4. The van der Waals surface area contributed by atoms with Crippen molar-refractivity contribution in [1.82, 2.24) is 19.9 Å². The summed E-state index contributed by atoms with van der Waals surface area (Å²) in [6, 6.07) is 0. The highest BCUT2D eigenvalue weighted by Crippen LogP contribution is 2.40. The van der Waals surface area contributed by atoms with E-state index >= 15 is 0 Å². The molecule has 1 fully saturated rings. The molecule has 1 saturated heterocycles. The van der Waals surface area contributed by atoms with E-state index in [4.69, 9.17) is 4.74 Å². The first-order valence-electron chi connectivity index (χ1n) is 8.94. The molecule has 0 amide bonds. The van der Waals surface area contributed by atoms with Crippen molar-refractivity contribution in [3.63, 3.8) is 0 Å². The van der Waals surface area contributed by atoms with Gasteiger partial charge in [0.1, 0.15) is 17.0 Å². The molecule has 0 aromatic carbocycles. The molecule has 1 aliphatic carbocycles. The Kier molecular flexibility index (Phi) is 3.85. The van der Waals surface area contributed by atoms with E-state index in [1.165, 1.54) is 28.7 Å². The number of hydrogen-bond acceptors (Lipinski definition) is 8. The molecule has 5 rings (SSSR count). The van der Waals surface area contributed by atoms with Crippen molar-refractivity contribution in [2.75, 3.05) is 43.1 Å². The van der Waals surface area contributed by atoms with E-state index < -0.39 is 0 Å². The Balaban J connectivity index is 1.40. The second-order valence-electron chi connectivity index (χ2n) is 6.63. The third-order valence-electron chi connectivity index (χ3n) is 5.19. The summed E-state index contributed by atoms with van der Waals surface area (Å²) in [6.07, 6.45) is 8.76. The molecule has 26 heavy (non-hydrogen) atoms. The maximum Gasteiger partial charge on any atom is 0.233 e. The van der Waals surface area contributed by atoms with Gasteiger partial charge in [0.15, 0.2) is 5.82 Å². The van der Waals surface area contributed by atoms with Gasteiger partial charge in [-0.15, -0.1) is 11.3 Å². The molecule has 7 nitrogen and oxygen atoms in total. The van der Waals surface area contributed by atoms with E-state index in [1.54, 1.807) is 25.8 Å². The van der Waals surface area contributed by atoms with E-state index in [0.29, 0.717) is 5.88 Å². The van der Waals surface area contributed by atoms with E-state index in [-0.39, 0.29) is 0 Å². The Bertz CT molecular complexity index is 950. The molecule has 1 aliphatic heterocycles. The summed E-state index contributed by atoms with van der Waals surface area (Å²) >= 11 is 1.85. The fourth-order valence-corrected chi connectivity index (χ4v) is 5.11. The van der Waals surface area contributed by atoms with Crippen molar-refractivity contribution < 1.29 is 4.74 Å². The highest BCUT2D eigenvalue weighted by molar-refractivity contribution is 7.19. The van der Waals surface area contributed by atoms with Crippen molar-refractivity contribution in [3.05, 3.63) is 29.2 Å². The van der Waals surface area contributed by atoms with Gasteiger partial charge in [-0.05, 0) is 24.8 Å². The molecule has 3 aromatic rings. The average Bonchev–Trinajstić information content (AvgIpc) is 3.29. The number of hydrogen-bond donors (Lipinski definition) is 0. The minimum absolute atomic E-state index is 0.552. The number of thiophene rings is 1. The molecule has 0 radical (unpaired) electrons. The number of piperazine rings is 1. The van der Waals surface area contributed by atoms with Crippen molar-refractivity contribution in [2.24, 2.45) is 0 Å². The third-order valence-corrected chi connectivity index (χ3v) is 6.39. The summed E-state index contributed by atoms with van der Waals surface area (Å²) < 4.78 is 5.19. The predicted octanol–water partition coefficient (Wildman–Crippen LogP) is 2.31. The minimum Gasteiger partial charge on any atom is -0.480 e. The van der Waals surface area contributed by atoms with E-state index in [9.17, 15) is 0 Å². The van der Waals surface area contributed by atoms with Gasteiger partial charge in [-0.2, -0.15) is 4.98 Å². The van der Waals surface area contributed by atoms with Crippen molar-refractivity contribution in [3.8, 4) is 5.88 Å². The molecule has 8 heteroatoms. The molecule has 0 spiro atoms. The van der Waals surface area contributed by atoms with Gasteiger partial charge in [0.25, 0.3) is 0 Å². The number of aryl methyl sites for hydroxylation is 2. The molecule has 0 atom stereocenters. The van der Waals surface area contributed by atoms with Crippen molar-refractivity contribution in [2.45, 2.75) is 19.3 Å². The van der Waals surface area contributed by atoms with E-state index in [0.717, 1.165) is 49.1 Å². The van der Waals surface area contributed by atoms with Crippen LogP contribution in [-0.4, -0.2) is 53.2 Å². The zero-order valence-corrected chi connectivity index (χ0v) is 15.5. The lowest BCUT2D eigenvalue weighted by molar-refractivity contribution is 0.395. The second-order valence-corrected chi connectivity index (χ2v) is 7.71. The van der Waals surface area contributed by atoms with Gasteiger partial charge in [-0.1, -0.05) is 0 Å². The highest BCUT2D eigenvalue weighted by atomic mass is 32.1. The van der Waals surface area contributed by atoms with Crippen LogP contribution in [0.3, 0.4) is 0 Å². The summed E-state index contributed by atoms with van der Waals surface area (Å²) in [7, 11) is 1.62. The Morgan fingerprint density at radius 1 is 1.04 bits per heavy atom. The van der Waals surface area contributed by atoms with Crippen LogP contribution in [0, 0.1) is 0 Å². The van der Waals surface area contributed by atoms with Gasteiger partial charge in [0, 0.05) is 31.1 Å². The van der Waals surface area contributed by atoms with Crippen LogP contribution < -0.4 is 14.5 Å². The van der Waals surface area contributed by atoms with Gasteiger partial charge < -0.3 is 14.5 Å². The SMILES string of the molecule is COc1cncc(N2CCN(c3ncnc4sc5c(c34)CCC5)CC2)n1. The fraction of sp³-hybridized carbons (Fsp3) is 0.444. The molecule has 4 heterocycles. The number of fused-ring (bicyclic) bond motifs is 3. The van der Waals surface area contributed by atoms with Crippen molar-refractivity contribution in [1.29, 1.82) is 0 Å². The van der Waals surface area contributed by atoms with Gasteiger partial charge in [-0.25, -0.2) is 9.97 Å². The normalized spacial score (nSPS) is 17.0. The largest absolute Gasteiger partial charge is 0.480 e. The summed E-state index contributed by atoms with van der Waals surface area (Å²) in [5.41, 5.74) is 1.49. The van der Waals surface area contributed by atoms with Crippen LogP contribution in [0.15, 0.2) is 18.7 Å². The Morgan fingerprint density at radius 2 is 1.88 bits per heavy atom. The summed E-state index contributed by atoms with van der Waals surface area (Å²) in [5.74, 6) is 2.52. The van der Waals surface area contributed by atoms with Crippen LogP contribution in [-0.2, 0) is 12.8 Å². The Morgan fingerprint density at radius 3 is 2.73 bits per heavy atom. The summed E-state index contributed by atoms with van der Waals surface area (Å²) in [4.78, 5) is 25.2. The number of methoxy groups -OCH3 is 1. The zero-order chi connectivity index (χ0) is 17.5. The molecule has 2 aliphatic rings. The van der Waals surface area contributed by atoms with Gasteiger partial charge in [0.05, 0.1) is 24.9 Å². The molecule has 0 saturated carbocycles. The lowest BCUT2D eigenvalue weighted by atomic mass is 10.1. The first-order valence-corrected chi connectivity index (χ1v) is 9.76. The van der Waals surface area contributed by atoms with Crippen LogP contribution in [0.4, 0.5) is 11.6 Å². The molecule has 0 bridgehead atoms. The minimum atomic E-state index is 0.552. The van der Waals surface area contributed by atoms with Gasteiger partial charge in [0.2, 0.25) is 5.88 Å². The number of rotatable bonds is 3. The Hall–Kier alpha value is -2.48.